The Balaban J connectivity index is 0.00000196. The maximum Gasteiger partial charge on any atom is 0.265 e. The van der Waals surface area contributed by atoms with Crippen LogP contribution in [0.1, 0.15) is 5.56 Å². The minimum Gasteiger partial charge on any atom is -0.399 e. The molecule has 0 fully saturated rings. The quantitative estimate of drug-likeness (QED) is 0.542. The van der Waals surface area contributed by atoms with E-state index in [1.54, 1.807) is 18.2 Å². The summed E-state index contributed by atoms with van der Waals surface area (Å²) in [6.07, 6.45) is 0.185. The monoisotopic (exact) mass is 252 g/mol. The Morgan fingerprint density at radius 2 is 1.87 bits per heavy atom. The molecule has 86 valence electrons. The molecule has 15 heavy (non-hydrogen) atoms. The van der Waals surface area contributed by atoms with Crippen molar-refractivity contribution >= 4 is 33.9 Å². The van der Waals surface area contributed by atoms with Crippen LogP contribution in [0.2, 0.25) is 0 Å². The fourth-order valence-electron chi connectivity index (χ4n) is 1.08. The summed E-state index contributed by atoms with van der Waals surface area (Å²) in [5.74, 6) is -0.332. The maximum atomic E-state index is 10.5. The molecule has 0 amide bonds. The lowest BCUT2D eigenvalue weighted by molar-refractivity contribution is 0.483. The smallest absolute Gasteiger partial charge is 0.265 e. The summed E-state index contributed by atoms with van der Waals surface area (Å²) in [6.45, 7) is 0. The van der Waals surface area contributed by atoms with E-state index in [2.05, 4.69) is 0 Å². The molecule has 0 aliphatic rings. The van der Waals surface area contributed by atoms with Crippen molar-refractivity contribution in [3.8, 4) is 0 Å². The molecular weight excluding hydrogens is 240 g/mol. The number of rotatable bonds is 3. The van der Waals surface area contributed by atoms with E-state index in [4.69, 9.17) is 16.0 Å². The predicted molar refractivity (Wildman–Crippen MR) is 62.6 cm³/mol. The molecule has 0 spiro atoms. The van der Waals surface area contributed by atoms with Crippen molar-refractivity contribution < 1.29 is 13.0 Å². The van der Waals surface area contributed by atoms with Crippen LogP contribution in [0.5, 0.6) is 0 Å². The SMILES string of the molecule is Cl.Nc1ccc(CCS(=O)(=O)O)c(N)c1. The van der Waals surface area contributed by atoms with Gasteiger partial charge in [-0.1, -0.05) is 6.07 Å². The second-order valence-electron chi connectivity index (χ2n) is 2.99. The Kier molecular flexibility index (Phi) is 4.86. The summed E-state index contributed by atoms with van der Waals surface area (Å²) >= 11 is 0. The number of hydrogen-bond donors (Lipinski definition) is 3. The Morgan fingerprint density at radius 1 is 1.27 bits per heavy atom. The molecule has 5 nitrogen and oxygen atoms in total. The van der Waals surface area contributed by atoms with Crippen molar-refractivity contribution in [2.24, 2.45) is 0 Å². The number of nitrogens with two attached hydrogens (primary N) is 2. The number of aryl methyl sites for hydroxylation is 1. The molecule has 0 heterocycles. The van der Waals surface area contributed by atoms with Gasteiger partial charge in [0.25, 0.3) is 10.1 Å². The molecule has 0 saturated carbocycles. The van der Waals surface area contributed by atoms with Crippen molar-refractivity contribution in [2.45, 2.75) is 6.42 Å². The largest absolute Gasteiger partial charge is 0.399 e. The minimum absolute atomic E-state index is 0. The maximum absolute atomic E-state index is 10.5. The molecule has 7 heteroatoms. The zero-order valence-electron chi connectivity index (χ0n) is 7.88. The van der Waals surface area contributed by atoms with Gasteiger partial charge in [-0.25, -0.2) is 0 Å². The molecule has 0 unspecified atom stereocenters. The van der Waals surface area contributed by atoms with Crippen molar-refractivity contribution in [2.75, 3.05) is 17.2 Å². The Labute approximate surface area is 94.6 Å². The average molecular weight is 253 g/mol. The second kappa shape index (κ2) is 5.20. The molecule has 1 aromatic rings. The first-order valence-corrected chi connectivity index (χ1v) is 5.58. The first kappa shape index (κ1) is 14.0. The zero-order chi connectivity index (χ0) is 10.8. The summed E-state index contributed by atoms with van der Waals surface area (Å²) < 4.78 is 29.5. The lowest BCUT2D eigenvalue weighted by Crippen LogP contribution is -2.08. The topological polar surface area (TPSA) is 106 Å². The normalized spacial score (nSPS) is 10.7. The van der Waals surface area contributed by atoms with Gasteiger partial charge in [-0.3, -0.25) is 4.55 Å². The van der Waals surface area contributed by atoms with Gasteiger partial charge in [-0.2, -0.15) is 8.42 Å². The Morgan fingerprint density at radius 3 is 2.33 bits per heavy atom. The highest BCUT2D eigenvalue weighted by Gasteiger charge is 2.07. The van der Waals surface area contributed by atoms with Crippen molar-refractivity contribution in [1.82, 2.24) is 0 Å². The van der Waals surface area contributed by atoms with Crippen LogP contribution >= 0.6 is 12.4 Å². The second-order valence-corrected chi connectivity index (χ2v) is 4.57. The highest BCUT2D eigenvalue weighted by Crippen LogP contribution is 2.16. The predicted octanol–water partition coefficient (Wildman–Crippen LogP) is 0.703. The van der Waals surface area contributed by atoms with Crippen LogP contribution in [0, 0.1) is 0 Å². The fourth-order valence-corrected chi connectivity index (χ4v) is 1.56. The molecule has 1 rings (SSSR count). The van der Waals surface area contributed by atoms with E-state index in [-0.39, 0.29) is 24.6 Å². The van der Waals surface area contributed by atoms with Crippen LogP contribution in [0.25, 0.3) is 0 Å². The van der Waals surface area contributed by atoms with Gasteiger partial charge in [-0.05, 0) is 24.1 Å². The molecule has 1 aromatic carbocycles. The number of benzene rings is 1. The lowest BCUT2D eigenvalue weighted by Gasteiger charge is -2.04. The highest BCUT2D eigenvalue weighted by atomic mass is 35.5. The molecule has 0 aliphatic heterocycles. The van der Waals surface area contributed by atoms with Gasteiger partial charge in [0.2, 0.25) is 0 Å². The van der Waals surface area contributed by atoms with E-state index >= 15 is 0 Å². The van der Waals surface area contributed by atoms with E-state index in [1.807, 2.05) is 0 Å². The number of hydrogen-bond acceptors (Lipinski definition) is 4. The van der Waals surface area contributed by atoms with Crippen molar-refractivity contribution in [3.05, 3.63) is 23.8 Å². The average Bonchev–Trinajstić information content (AvgIpc) is 2.00. The molecule has 0 saturated heterocycles. The molecule has 0 bridgehead atoms. The van der Waals surface area contributed by atoms with Crippen molar-refractivity contribution in [1.29, 1.82) is 0 Å². The Hall–Kier alpha value is -0.980. The van der Waals surface area contributed by atoms with Gasteiger partial charge in [0, 0.05) is 11.4 Å². The van der Waals surface area contributed by atoms with Crippen LogP contribution in [0.15, 0.2) is 18.2 Å². The van der Waals surface area contributed by atoms with Crippen LogP contribution in [0.4, 0.5) is 11.4 Å². The zero-order valence-corrected chi connectivity index (χ0v) is 9.51. The van der Waals surface area contributed by atoms with E-state index in [1.165, 1.54) is 0 Å². The third-order valence-electron chi connectivity index (χ3n) is 1.80. The summed E-state index contributed by atoms with van der Waals surface area (Å²) in [5.41, 5.74) is 12.7. The number of halogens is 1. The first-order valence-electron chi connectivity index (χ1n) is 3.97. The molecule has 0 aliphatic carbocycles. The van der Waals surface area contributed by atoms with Crippen molar-refractivity contribution in [3.63, 3.8) is 0 Å². The number of nitrogen functional groups attached to an aromatic ring is 2. The summed E-state index contributed by atoms with van der Waals surface area (Å²) in [5, 5.41) is 0. The molecule has 0 radical (unpaired) electrons. The Bertz CT molecular complexity index is 434. The summed E-state index contributed by atoms with van der Waals surface area (Å²) in [6, 6.07) is 4.84. The minimum atomic E-state index is -3.94. The van der Waals surface area contributed by atoms with Crippen LogP contribution in [0.3, 0.4) is 0 Å². The first-order chi connectivity index (χ1) is 6.38. The van der Waals surface area contributed by atoms with E-state index in [0.717, 1.165) is 0 Å². The van der Waals surface area contributed by atoms with E-state index < -0.39 is 10.1 Å². The molecular formula is C8H13ClN2O3S. The molecule has 5 N–H and O–H groups in total. The number of anilines is 2. The third kappa shape index (κ3) is 4.87. The van der Waals surface area contributed by atoms with Gasteiger partial charge >= 0.3 is 0 Å². The van der Waals surface area contributed by atoms with Gasteiger partial charge in [-0.15, -0.1) is 12.4 Å². The van der Waals surface area contributed by atoms with Gasteiger partial charge in [0.1, 0.15) is 0 Å². The van der Waals surface area contributed by atoms with Gasteiger partial charge in [0.05, 0.1) is 5.75 Å². The summed E-state index contributed by atoms with van der Waals surface area (Å²) in [4.78, 5) is 0. The van der Waals surface area contributed by atoms with Gasteiger partial charge < -0.3 is 11.5 Å². The molecule has 0 atom stereocenters. The van der Waals surface area contributed by atoms with Crippen LogP contribution in [-0.2, 0) is 16.5 Å². The van der Waals surface area contributed by atoms with E-state index in [0.29, 0.717) is 16.9 Å². The third-order valence-corrected chi connectivity index (χ3v) is 2.52. The van der Waals surface area contributed by atoms with Gasteiger partial charge in [0.15, 0.2) is 0 Å². The van der Waals surface area contributed by atoms with Crippen LogP contribution < -0.4 is 11.5 Å². The highest BCUT2D eigenvalue weighted by molar-refractivity contribution is 7.85. The van der Waals surface area contributed by atoms with Crippen LogP contribution in [-0.4, -0.2) is 18.7 Å². The fraction of sp³-hybridized carbons (Fsp3) is 0.250. The summed E-state index contributed by atoms with van der Waals surface area (Å²) in [7, 11) is -3.94. The van der Waals surface area contributed by atoms with E-state index in [9.17, 15) is 8.42 Å². The standard InChI is InChI=1S/C8H12N2O3S.ClH/c9-7-2-1-6(8(10)5-7)3-4-14(11,12)13;/h1-2,5H,3-4,9-10H2,(H,11,12,13);1H. The lowest BCUT2D eigenvalue weighted by atomic mass is 10.1. The molecule has 0 aromatic heterocycles.